The summed E-state index contributed by atoms with van der Waals surface area (Å²) in [7, 11) is 0. The van der Waals surface area contributed by atoms with E-state index in [4.69, 9.17) is 4.74 Å². The van der Waals surface area contributed by atoms with Crippen LogP contribution in [0.3, 0.4) is 0 Å². The van der Waals surface area contributed by atoms with Crippen LogP contribution in [0.5, 0.6) is 5.75 Å². The summed E-state index contributed by atoms with van der Waals surface area (Å²) in [5.41, 5.74) is 2.66. The summed E-state index contributed by atoms with van der Waals surface area (Å²) in [6, 6.07) is 15.6. The van der Waals surface area contributed by atoms with Crippen LogP contribution < -0.4 is 9.64 Å². The number of nitrogens with zero attached hydrogens (tertiary/aromatic N) is 2. The SMILES string of the molecule is CCOc1cccc(C(=O)N2CCCCCCCCN(C(=O)C3CC3)c3ccccc3C2)c1. The van der Waals surface area contributed by atoms with Gasteiger partial charge in [0.1, 0.15) is 5.75 Å². The summed E-state index contributed by atoms with van der Waals surface area (Å²) >= 11 is 0. The van der Waals surface area contributed by atoms with Crippen molar-refractivity contribution in [2.45, 2.75) is 64.8 Å². The Morgan fingerprint density at radius 3 is 2.39 bits per heavy atom. The Morgan fingerprint density at radius 2 is 1.64 bits per heavy atom. The Bertz CT molecular complexity index is 954. The monoisotopic (exact) mass is 448 g/mol. The Hall–Kier alpha value is -2.82. The molecule has 1 aliphatic heterocycles. The van der Waals surface area contributed by atoms with Gasteiger partial charge >= 0.3 is 0 Å². The molecule has 176 valence electrons. The lowest BCUT2D eigenvalue weighted by molar-refractivity contribution is -0.119. The maximum Gasteiger partial charge on any atom is 0.254 e. The zero-order chi connectivity index (χ0) is 23.0. The number of para-hydroxylation sites is 1. The van der Waals surface area contributed by atoms with E-state index < -0.39 is 0 Å². The summed E-state index contributed by atoms with van der Waals surface area (Å²) in [4.78, 5) is 30.7. The minimum absolute atomic E-state index is 0.0151. The van der Waals surface area contributed by atoms with Gasteiger partial charge in [0.15, 0.2) is 0 Å². The van der Waals surface area contributed by atoms with Gasteiger partial charge in [-0.2, -0.15) is 0 Å². The number of carbonyl (C=O) groups excluding carboxylic acids is 2. The zero-order valence-corrected chi connectivity index (χ0v) is 19.8. The quantitative estimate of drug-likeness (QED) is 0.592. The number of rotatable bonds is 4. The van der Waals surface area contributed by atoms with Crippen LogP contribution in [0.25, 0.3) is 0 Å². The second-order valence-corrected chi connectivity index (χ2v) is 9.20. The highest BCUT2D eigenvalue weighted by Gasteiger charge is 2.34. The number of amides is 2. The van der Waals surface area contributed by atoms with E-state index in [0.717, 1.165) is 62.1 Å². The number of ether oxygens (including phenoxy) is 1. The van der Waals surface area contributed by atoms with Crippen molar-refractivity contribution in [2.75, 3.05) is 24.6 Å². The van der Waals surface area contributed by atoms with E-state index in [-0.39, 0.29) is 17.7 Å². The van der Waals surface area contributed by atoms with Crippen LogP contribution >= 0.6 is 0 Å². The first-order valence-electron chi connectivity index (χ1n) is 12.6. The normalized spacial score (nSPS) is 17.8. The second kappa shape index (κ2) is 11.4. The molecule has 2 amide bonds. The fourth-order valence-electron chi connectivity index (χ4n) is 4.61. The summed E-state index contributed by atoms with van der Waals surface area (Å²) in [5, 5.41) is 0. The topological polar surface area (TPSA) is 49.9 Å². The molecule has 1 saturated carbocycles. The maximum absolute atomic E-state index is 13.6. The summed E-state index contributed by atoms with van der Waals surface area (Å²) < 4.78 is 5.62. The van der Waals surface area contributed by atoms with E-state index >= 15 is 0 Å². The average Bonchev–Trinajstić information content (AvgIpc) is 3.67. The Balaban J connectivity index is 1.63. The highest BCUT2D eigenvalue weighted by molar-refractivity contribution is 5.97. The summed E-state index contributed by atoms with van der Waals surface area (Å²) in [6.45, 7) is 4.49. The molecule has 0 N–H and O–H groups in total. The fourth-order valence-corrected chi connectivity index (χ4v) is 4.61. The van der Waals surface area contributed by atoms with Crippen LogP contribution in [0.1, 0.15) is 74.2 Å². The molecule has 5 heteroatoms. The number of benzene rings is 2. The Labute approximate surface area is 197 Å². The van der Waals surface area contributed by atoms with Gasteiger partial charge in [0, 0.05) is 36.8 Å². The van der Waals surface area contributed by atoms with Gasteiger partial charge in [0.05, 0.1) is 6.61 Å². The van der Waals surface area contributed by atoms with Crippen LogP contribution in [-0.4, -0.2) is 36.4 Å². The van der Waals surface area contributed by atoms with Crippen molar-refractivity contribution < 1.29 is 14.3 Å². The zero-order valence-electron chi connectivity index (χ0n) is 19.8. The van der Waals surface area contributed by atoms with Gasteiger partial charge in [-0.15, -0.1) is 0 Å². The third-order valence-electron chi connectivity index (χ3n) is 6.58. The fraction of sp³-hybridized carbons (Fsp3) is 0.500. The molecule has 2 aromatic carbocycles. The van der Waals surface area contributed by atoms with Crippen molar-refractivity contribution >= 4 is 17.5 Å². The molecule has 0 radical (unpaired) electrons. The molecule has 0 aromatic heterocycles. The molecule has 0 spiro atoms. The maximum atomic E-state index is 13.6. The average molecular weight is 449 g/mol. The number of hydrogen-bond acceptors (Lipinski definition) is 3. The molecule has 1 aliphatic carbocycles. The smallest absolute Gasteiger partial charge is 0.254 e. The number of hydrogen-bond donors (Lipinski definition) is 0. The van der Waals surface area contributed by atoms with Crippen molar-refractivity contribution in [3.05, 3.63) is 59.7 Å². The summed E-state index contributed by atoms with van der Waals surface area (Å²) in [6.07, 6.45) is 8.63. The Kier molecular flexibility index (Phi) is 8.03. The van der Waals surface area contributed by atoms with Gasteiger partial charge in [-0.3, -0.25) is 9.59 Å². The van der Waals surface area contributed by atoms with Crippen molar-refractivity contribution in [2.24, 2.45) is 5.92 Å². The number of carbonyl (C=O) groups is 2. The lowest BCUT2D eigenvalue weighted by Crippen LogP contribution is -2.36. The van der Waals surface area contributed by atoms with Gasteiger partial charge in [-0.05, 0) is 62.4 Å². The minimum atomic E-state index is 0.0151. The molecular weight excluding hydrogens is 412 g/mol. The van der Waals surface area contributed by atoms with Crippen LogP contribution in [0, 0.1) is 5.92 Å². The predicted molar refractivity (Wildman–Crippen MR) is 132 cm³/mol. The molecule has 0 bridgehead atoms. The first kappa shape index (κ1) is 23.3. The van der Waals surface area contributed by atoms with Crippen LogP contribution in [0.15, 0.2) is 48.5 Å². The molecule has 2 aliphatic rings. The lowest BCUT2D eigenvalue weighted by Gasteiger charge is -2.28. The second-order valence-electron chi connectivity index (χ2n) is 9.20. The Morgan fingerprint density at radius 1 is 0.909 bits per heavy atom. The first-order chi connectivity index (χ1) is 16.2. The van der Waals surface area contributed by atoms with Crippen molar-refractivity contribution in [3.8, 4) is 5.75 Å². The van der Waals surface area contributed by atoms with Gasteiger partial charge in [0.2, 0.25) is 5.91 Å². The predicted octanol–water partition coefficient (Wildman–Crippen LogP) is 5.82. The van der Waals surface area contributed by atoms with Crippen molar-refractivity contribution in [1.82, 2.24) is 4.90 Å². The molecule has 0 unspecified atom stereocenters. The molecule has 33 heavy (non-hydrogen) atoms. The summed E-state index contributed by atoms with van der Waals surface area (Å²) in [5.74, 6) is 1.16. The molecule has 4 rings (SSSR count). The van der Waals surface area contributed by atoms with Gasteiger partial charge in [0.25, 0.3) is 5.91 Å². The van der Waals surface area contributed by atoms with E-state index in [1.807, 2.05) is 59.2 Å². The number of anilines is 1. The van der Waals surface area contributed by atoms with E-state index in [9.17, 15) is 9.59 Å². The third-order valence-corrected chi connectivity index (χ3v) is 6.58. The lowest BCUT2D eigenvalue weighted by atomic mass is 10.1. The van der Waals surface area contributed by atoms with E-state index in [1.165, 1.54) is 12.8 Å². The van der Waals surface area contributed by atoms with Crippen LogP contribution in [0.2, 0.25) is 0 Å². The van der Waals surface area contributed by atoms with Crippen molar-refractivity contribution in [1.29, 1.82) is 0 Å². The van der Waals surface area contributed by atoms with Crippen LogP contribution in [0.4, 0.5) is 5.69 Å². The third kappa shape index (κ3) is 6.16. The molecule has 2 aromatic rings. The van der Waals surface area contributed by atoms with E-state index in [1.54, 1.807) is 0 Å². The largest absolute Gasteiger partial charge is 0.494 e. The van der Waals surface area contributed by atoms with E-state index in [2.05, 4.69) is 6.07 Å². The molecule has 5 nitrogen and oxygen atoms in total. The van der Waals surface area contributed by atoms with Crippen molar-refractivity contribution in [3.63, 3.8) is 0 Å². The first-order valence-corrected chi connectivity index (χ1v) is 12.6. The highest BCUT2D eigenvalue weighted by Crippen LogP contribution is 2.34. The molecular formula is C28H36N2O3. The molecule has 1 fully saturated rings. The van der Waals surface area contributed by atoms with Crippen LogP contribution in [-0.2, 0) is 11.3 Å². The number of fused-ring (bicyclic) bond motifs is 1. The van der Waals surface area contributed by atoms with Gasteiger partial charge in [-0.1, -0.05) is 49.9 Å². The van der Waals surface area contributed by atoms with E-state index in [0.29, 0.717) is 25.3 Å². The van der Waals surface area contributed by atoms with Gasteiger partial charge < -0.3 is 14.5 Å². The minimum Gasteiger partial charge on any atom is -0.494 e. The van der Waals surface area contributed by atoms with Gasteiger partial charge in [-0.25, -0.2) is 0 Å². The molecule has 0 saturated heterocycles. The molecule has 1 heterocycles. The molecule has 0 atom stereocenters. The highest BCUT2D eigenvalue weighted by atomic mass is 16.5. The standard InChI is InChI=1S/C28H36N2O3/c1-2-33-25-14-11-13-23(20-25)27(31)29-18-9-5-3-4-6-10-19-30(28(32)22-16-17-22)26-15-8-7-12-24(26)21-29/h7-8,11-15,20,22H,2-6,9-10,16-19,21H2,1H3.